The number of nitrogens with zero attached hydrogens (tertiary/aromatic N) is 1. The molecule has 0 N–H and O–H groups in total. The number of rotatable bonds is 5. The minimum Gasteiger partial charge on any atom is -0.314 e. The van der Waals surface area contributed by atoms with Crippen LogP contribution in [0, 0.1) is 6.92 Å². The quantitative estimate of drug-likeness (QED) is 0.513. The van der Waals surface area contributed by atoms with Crippen molar-refractivity contribution in [1.82, 2.24) is 0 Å². The summed E-state index contributed by atoms with van der Waals surface area (Å²) >= 11 is 0. The Balaban J connectivity index is 2.02. The van der Waals surface area contributed by atoms with Crippen molar-refractivity contribution < 1.29 is 0 Å². The molecule has 0 atom stereocenters. The van der Waals surface area contributed by atoms with E-state index < -0.39 is 0 Å². The highest BCUT2D eigenvalue weighted by molar-refractivity contribution is 5.76. The van der Waals surface area contributed by atoms with E-state index in [0.717, 1.165) is 6.42 Å². The summed E-state index contributed by atoms with van der Waals surface area (Å²) in [6.07, 6.45) is 16.2. The molecule has 1 aliphatic rings. The lowest BCUT2D eigenvalue weighted by Crippen LogP contribution is -2.20. The van der Waals surface area contributed by atoms with Crippen LogP contribution >= 0.6 is 0 Å². The van der Waals surface area contributed by atoms with Crippen molar-refractivity contribution in [3.63, 3.8) is 0 Å². The zero-order valence-electron chi connectivity index (χ0n) is 16.4. The molecule has 0 unspecified atom stereocenters. The van der Waals surface area contributed by atoms with Gasteiger partial charge in [-0.1, -0.05) is 78.4 Å². The first-order valence-corrected chi connectivity index (χ1v) is 9.51. The van der Waals surface area contributed by atoms with Gasteiger partial charge >= 0.3 is 0 Å². The molecular weight excluding hydrogens is 326 g/mol. The van der Waals surface area contributed by atoms with Crippen LogP contribution in [0.1, 0.15) is 31.4 Å². The molecule has 1 aliphatic carbocycles. The molecule has 0 saturated carbocycles. The molecule has 0 spiro atoms. The average Bonchev–Trinajstić information content (AvgIpc) is 2.95. The molecule has 0 aliphatic heterocycles. The van der Waals surface area contributed by atoms with Gasteiger partial charge in [0.15, 0.2) is 0 Å². The summed E-state index contributed by atoms with van der Waals surface area (Å²) in [5.41, 5.74) is 7.38. The number of hydrogen-bond acceptors (Lipinski definition) is 1. The molecule has 0 aromatic heterocycles. The second-order valence-electron chi connectivity index (χ2n) is 6.64. The van der Waals surface area contributed by atoms with E-state index in [1.54, 1.807) is 0 Å². The van der Waals surface area contributed by atoms with E-state index in [1.165, 1.54) is 33.8 Å². The third-order valence-electron chi connectivity index (χ3n) is 4.66. The maximum absolute atomic E-state index is 2.33. The number of anilines is 1. The number of benzene rings is 2. The molecule has 136 valence electrons. The van der Waals surface area contributed by atoms with E-state index in [1.807, 2.05) is 0 Å². The highest BCUT2D eigenvalue weighted by Crippen LogP contribution is 2.29. The minimum atomic E-state index is 0.885. The average molecular weight is 354 g/mol. The van der Waals surface area contributed by atoms with Crippen LogP contribution in [0.15, 0.2) is 109 Å². The lowest BCUT2D eigenvalue weighted by molar-refractivity contribution is 1.03. The lowest BCUT2D eigenvalue weighted by atomic mass is 10.0. The first-order valence-electron chi connectivity index (χ1n) is 9.51. The van der Waals surface area contributed by atoms with Crippen molar-refractivity contribution in [2.24, 2.45) is 0 Å². The van der Waals surface area contributed by atoms with Gasteiger partial charge in [-0.15, -0.1) is 0 Å². The second kappa shape index (κ2) is 9.05. The molecule has 1 heteroatoms. The Morgan fingerprint density at radius 1 is 0.926 bits per heavy atom. The van der Waals surface area contributed by atoms with Crippen LogP contribution in [0.3, 0.4) is 0 Å². The van der Waals surface area contributed by atoms with Crippen molar-refractivity contribution in [1.29, 1.82) is 0 Å². The molecule has 3 rings (SSSR count). The first kappa shape index (κ1) is 18.7. The van der Waals surface area contributed by atoms with Gasteiger partial charge in [0.25, 0.3) is 0 Å². The van der Waals surface area contributed by atoms with Crippen LogP contribution in [0.2, 0.25) is 0 Å². The number of hydrogen-bond donors (Lipinski definition) is 0. The fourth-order valence-electron chi connectivity index (χ4n) is 3.25. The Kier molecular flexibility index (Phi) is 6.27. The summed E-state index contributed by atoms with van der Waals surface area (Å²) in [6.45, 7) is 6.27. The van der Waals surface area contributed by atoms with Gasteiger partial charge in [0.2, 0.25) is 0 Å². The highest BCUT2D eigenvalue weighted by Gasteiger charge is 2.15. The summed E-state index contributed by atoms with van der Waals surface area (Å²) < 4.78 is 0. The van der Waals surface area contributed by atoms with E-state index >= 15 is 0 Å². The molecule has 0 heterocycles. The summed E-state index contributed by atoms with van der Waals surface area (Å²) in [5, 5.41) is 0. The Hall–Kier alpha value is -3.06. The second-order valence-corrected chi connectivity index (χ2v) is 6.64. The molecule has 2 aromatic rings. The summed E-state index contributed by atoms with van der Waals surface area (Å²) in [4.78, 5) is 2.33. The summed E-state index contributed by atoms with van der Waals surface area (Å²) in [6, 6.07) is 19.3. The van der Waals surface area contributed by atoms with Crippen LogP contribution in [0.4, 0.5) is 5.69 Å². The number of para-hydroxylation sites is 1. The van der Waals surface area contributed by atoms with Crippen LogP contribution in [0.5, 0.6) is 0 Å². The van der Waals surface area contributed by atoms with E-state index in [-0.39, 0.29) is 0 Å². The monoisotopic (exact) mass is 353 g/mol. The molecule has 0 amide bonds. The third kappa shape index (κ3) is 4.57. The largest absolute Gasteiger partial charge is 0.314 e. The zero-order chi connectivity index (χ0) is 19.1. The molecule has 0 bridgehead atoms. The topological polar surface area (TPSA) is 3.24 Å². The Bertz CT molecular complexity index is 906. The van der Waals surface area contributed by atoms with Crippen molar-refractivity contribution in [2.75, 3.05) is 4.90 Å². The highest BCUT2D eigenvalue weighted by atomic mass is 15.2. The molecule has 0 saturated heterocycles. The van der Waals surface area contributed by atoms with Crippen LogP contribution < -0.4 is 4.90 Å². The van der Waals surface area contributed by atoms with Crippen LogP contribution in [0.25, 0.3) is 5.57 Å². The van der Waals surface area contributed by atoms with Crippen molar-refractivity contribution in [3.05, 3.63) is 120 Å². The van der Waals surface area contributed by atoms with Gasteiger partial charge in [0.1, 0.15) is 0 Å². The van der Waals surface area contributed by atoms with Gasteiger partial charge in [-0.25, -0.2) is 0 Å². The van der Waals surface area contributed by atoms with Crippen molar-refractivity contribution in [3.8, 4) is 0 Å². The summed E-state index contributed by atoms with van der Waals surface area (Å²) in [5.74, 6) is 0. The molecular formula is C26H27N. The first-order chi connectivity index (χ1) is 13.2. The van der Waals surface area contributed by atoms with Crippen LogP contribution in [-0.4, -0.2) is 0 Å². The van der Waals surface area contributed by atoms with Crippen molar-refractivity contribution >= 4 is 11.3 Å². The fourth-order valence-corrected chi connectivity index (χ4v) is 3.25. The third-order valence-corrected chi connectivity index (χ3v) is 4.66. The predicted octanol–water partition coefficient (Wildman–Crippen LogP) is 7.21. The zero-order valence-corrected chi connectivity index (χ0v) is 16.4. The van der Waals surface area contributed by atoms with Gasteiger partial charge < -0.3 is 4.90 Å². The maximum Gasteiger partial charge on any atom is 0.0458 e. The van der Waals surface area contributed by atoms with E-state index in [9.17, 15) is 0 Å². The van der Waals surface area contributed by atoms with E-state index in [4.69, 9.17) is 0 Å². The number of aryl methyl sites for hydroxylation is 1. The van der Waals surface area contributed by atoms with Crippen LogP contribution in [-0.2, 0) is 0 Å². The molecule has 27 heavy (non-hydrogen) atoms. The molecule has 0 fully saturated rings. The van der Waals surface area contributed by atoms with Gasteiger partial charge in [-0.2, -0.15) is 0 Å². The van der Waals surface area contributed by atoms with Gasteiger partial charge in [0.05, 0.1) is 0 Å². The number of allylic oxidation sites excluding steroid dienone is 8. The predicted molar refractivity (Wildman–Crippen MR) is 118 cm³/mol. The Labute approximate surface area is 163 Å². The molecule has 2 aromatic carbocycles. The smallest absolute Gasteiger partial charge is 0.0458 e. The molecule has 1 nitrogen and oxygen atoms in total. The van der Waals surface area contributed by atoms with E-state index in [0.29, 0.717) is 0 Å². The lowest BCUT2D eigenvalue weighted by Gasteiger charge is -2.28. The Morgan fingerprint density at radius 3 is 2.33 bits per heavy atom. The minimum absolute atomic E-state index is 0.885. The van der Waals surface area contributed by atoms with E-state index in [2.05, 4.69) is 123 Å². The maximum atomic E-state index is 2.33. The Morgan fingerprint density at radius 2 is 1.67 bits per heavy atom. The van der Waals surface area contributed by atoms with Gasteiger partial charge in [-0.3, -0.25) is 0 Å². The van der Waals surface area contributed by atoms with Gasteiger partial charge in [-0.05, 0) is 56.2 Å². The standard InChI is InChI=1S/C26H27N/c1-4-10-24(5-2)27(25-12-7-6-8-13-25)26-14-9-11-22(19-20-26)23-17-15-21(3)16-18-23/h4-13,15-20H,14H2,1-3H3/b10-4-,24-5+. The van der Waals surface area contributed by atoms with Crippen molar-refractivity contribution in [2.45, 2.75) is 27.2 Å². The molecule has 0 radical (unpaired) electrons. The normalized spacial score (nSPS) is 14.7. The SMILES string of the molecule is C/C=C\C(=C/C)N(C1=CC=C(c2ccc(C)cc2)C=CC1)c1ccccc1. The fraction of sp³-hybridized carbons (Fsp3) is 0.154. The van der Waals surface area contributed by atoms with Gasteiger partial charge in [0, 0.05) is 23.5 Å². The summed E-state index contributed by atoms with van der Waals surface area (Å²) in [7, 11) is 0.